The standard InChI is InChI=1S/C10H19N3O/c1-10(2,14-3)7-13-8-12-6-9(13)4-5-11/h6,8H,4-5,7,11H2,1-3H3. The van der Waals surface area contributed by atoms with Crippen LogP contribution in [0.2, 0.25) is 0 Å². The molecule has 0 amide bonds. The molecule has 0 aromatic carbocycles. The van der Waals surface area contributed by atoms with Gasteiger partial charge in [0.15, 0.2) is 0 Å². The number of imidazole rings is 1. The van der Waals surface area contributed by atoms with E-state index in [9.17, 15) is 0 Å². The lowest BCUT2D eigenvalue weighted by molar-refractivity contribution is 0.00759. The Balaban J connectivity index is 2.70. The second-order valence-electron chi connectivity index (χ2n) is 4.02. The lowest BCUT2D eigenvalue weighted by Crippen LogP contribution is -2.29. The van der Waals surface area contributed by atoms with Gasteiger partial charge in [-0.15, -0.1) is 0 Å². The fraction of sp³-hybridized carbons (Fsp3) is 0.700. The van der Waals surface area contributed by atoms with Crippen LogP contribution in [0.5, 0.6) is 0 Å². The molecule has 0 aliphatic carbocycles. The Hall–Kier alpha value is -0.870. The summed E-state index contributed by atoms with van der Waals surface area (Å²) in [6.07, 6.45) is 4.55. The summed E-state index contributed by atoms with van der Waals surface area (Å²) in [4.78, 5) is 4.11. The molecule has 1 rings (SSSR count). The van der Waals surface area contributed by atoms with E-state index in [-0.39, 0.29) is 5.60 Å². The van der Waals surface area contributed by atoms with Crippen LogP contribution >= 0.6 is 0 Å². The normalized spacial score (nSPS) is 12.0. The van der Waals surface area contributed by atoms with Crippen molar-refractivity contribution in [1.29, 1.82) is 0 Å². The number of hydrogen-bond donors (Lipinski definition) is 1. The number of hydrogen-bond acceptors (Lipinski definition) is 3. The minimum absolute atomic E-state index is 0.163. The van der Waals surface area contributed by atoms with E-state index in [1.807, 2.05) is 12.5 Å². The summed E-state index contributed by atoms with van der Waals surface area (Å²) in [5.41, 5.74) is 6.51. The Bertz CT molecular complexity index is 281. The number of nitrogens with two attached hydrogens (primary N) is 1. The van der Waals surface area contributed by atoms with E-state index < -0.39 is 0 Å². The molecule has 80 valence electrons. The molecule has 0 saturated carbocycles. The van der Waals surface area contributed by atoms with Gasteiger partial charge in [-0.25, -0.2) is 4.98 Å². The third-order valence-corrected chi connectivity index (χ3v) is 2.30. The van der Waals surface area contributed by atoms with Crippen LogP contribution in [0.1, 0.15) is 19.5 Å². The number of aromatic nitrogens is 2. The van der Waals surface area contributed by atoms with Gasteiger partial charge in [-0.05, 0) is 20.4 Å². The first-order valence-corrected chi connectivity index (χ1v) is 4.83. The van der Waals surface area contributed by atoms with Gasteiger partial charge in [0.05, 0.1) is 18.5 Å². The second kappa shape index (κ2) is 4.57. The van der Waals surface area contributed by atoms with Crippen LogP contribution in [0.3, 0.4) is 0 Å². The average molecular weight is 197 g/mol. The number of ether oxygens (including phenoxy) is 1. The predicted octanol–water partition coefficient (Wildman–Crippen LogP) is 0.809. The van der Waals surface area contributed by atoms with Crippen molar-refractivity contribution in [3.05, 3.63) is 18.2 Å². The zero-order chi connectivity index (χ0) is 10.6. The van der Waals surface area contributed by atoms with E-state index in [1.165, 1.54) is 0 Å². The first-order chi connectivity index (χ1) is 6.59. The Morgan fingerprint density at radius 2 is 2.29 bits per heavy atom. The van der Waals surface area contributed by atoms with Gasteiger partial charge in [-0.2, -0.15) is 0 Å². The van der Waals surface area contributed by atoms with Gasteiger partial charge in [0.1, 0.15) is 0 Å². The van der Waals surface area contributed by atoms with Crippen molar-refractivity contribution in [1.82, 2.24) is 9.55 Å². The highest BCUT2D eigenvalue weighted by molar-refractivity contribution is 4.99. The van der Waals surface area contributed by atoms with Gasteiger partial charge in [0.2, 0.25) is 0 Å². The van der Waals surface area contributed by atoms with Crippen molar-refractivity contribution in [2.24, 2.45) is 5.73 Å². The van der Waals surface area contributed by atoms with Crippen LogP contribution in [-0.4, -0.2) is 28.8 Å². The molecule has 4 heteroatoms. The molecule has 14 heavy (non-hydrogen) atoms. The van der Waals surface area contributed by atoms with E-state index in [0.717, 1.165) is 18.7 Å². The molecule has 1 heterocycles. The molecular formula is C10H19N3O. The molecule has 0 fully saturated rings. The quantitative estimate of drug-likeness (QED) is 0.760. The fourth-order valence-electron chi connectivity index (χ4n) is 1.32. The topological polar surface area (TPSA) is 53.1 Å². The smallest absolute Gasteiger partial charge is 0.0949 e. The van der Waals surface area contributed by atoms with Crippen LogP contribution in [0, 0.1) is 0 Å². The second-order valence-corrected chi connectivity index (χ2v) is 4.02. The highest BCUT2D eigenvalue weighted by atomic mass is 16.5. The highest BCUT2D eigenvalue weighted by Crippen LogP contribution is 2.12. The summed E-state index contributed by atoms with van der Waals surface area (Å²) < 4.78 is 7.46. The number of methoxy groups -OCH3 is 1. The summed E-state index contributed by atoms with van der Waals surface area (Å²) in [5.74, 6) is 0. The van der Waals surface area contributed by atoms with Gasteiger partial charge in [0.25, 0.3) is 0 Å². The fourth-order valence-corrected chi connectivity index (χ4v) is 1.32. The predicted molar refractivity (Wildman–Crippen MR) is 56.1 cm³/mol. The maximum absolute atomic E-state index is 5.51. The van der Waals surface area contributed by atoms with Crippen molar-refractivity contribution >= 4 is 0 Å². The molecule has 4 nitrogen and oxygen atoms in total. The van der Waals surface area contributed by atoms with Crippen LogP contribution in [-0.2, 0) is 17.7 Å². The van der Waals surface area contributed by atoms with Crippen LogP contribution in [0.25, 0.3) is 0 Å². The highest BCUT2D eigenvalue weighted by Gasteiger charge is 2.18. The minimum atomic E-state index is -0.163. The summed E-state index contributed by atoms with van der Waals surface area (Å²) >= 11 is 0. The van der Waals surface area contributed by atoms with Gasteiger partial charge in [0, 0.05) is 25.4 Å². The Labute approximate surface area is 85.1 Å². The first-order valence-electron chi connectivity index (χ1n) is 4.83. The van der Waals surface area contributed by atoms with E-state index in [1.54, 1.807) is 7.11 Å². The molecule has 0 atom stereocenters. The lowest BCUT2D eigenvalue weighted by Gasteiger charge is -2.24. The van der Waals surface area contributed by atoms with Crippen molar-refractivity contribution < 1.29 is 4.74 Å². The Morgan fingerprint density at radius 3 is 2.86 bits per heavy atom. The average Bonchev–Trinajstić information content (AvgIpc) is 2.53. The van der Waals surface area contributed by atoms with Gasteiger partial charge < -0.3 is 15.0 Å². The monoisotopic (exact) mass is 197 g/mol. The zero-order valence-corrected chi connectivity index (χ0v) is 9.16. The Morgan fingerprint density at radius 1 is 1.57 bits per heavy atom. The maximum atomic E-state index is 5.51. The number of rotatable bonds is 5. The summed E-state index contributed by atoms with van der Waals surface area (Å²) in [7, 11) is 1.72. The summed E-state index contributed by atoms with van der Waals surface area (Å²) in [6.45, 7) is 5.57. The molecule has 2 N–H and O–H groups in total. The molecule has 1 aromatic heterocycles. The van der Waals surface area contributed by atoms with E-state index >= 15 is 0 Å². The van der Waals surface area contributed by atoms with Crippen LogP contribution < -0.4 is 5.73 Å². The summed E-state index contributed by atoms with van der Waals surface area (Å²) in [6, 6.07) is 0. The van der Waals surface area contributed by atoms with E-state index in [4.69, 9.17) is 10.5 Å². The van der Waals surface area contributed by atoms with Crippen molar-refractivity contribution in [3.63, 3.8) is 0 Å². The van der Waals surface area contributed by atoms with Crippen molar-refractivity contribution in [2.75, 3.05) is 13.7 Å². The molecule has 0 unspecified atom stereocenters. The molecule has 1 aromatic rings. The Kier molecular flexibility index (Phi) is 3.66. The van der Waals surface area contributed by atoms with Crippen LogP contribution in [0.4, 0.5) is 0 Å². The molecule has 0 saturated heterocycles. The largest absolute Gasteiger partial charge is 0.377 e. The minimum Gasteiger partial charge on any atom is -0.377 e. The third kappa shape index (κ3) is 2.82. The SMILES string of the molecule is COC(C)(C)Cn1cncc1CCN. The summed E-state index contributed by atoms with van der Waals surface area (Å²) in [5, 5.41) is 0. The van der Waals surface area contributed by atoms with Crippen LogP contribution in [0.15, 0.2) is 12.5 Å². The van der Waals surface area contributed by atoms with Crippen molar-refractivity contribution in [3.8, 4) is 0 Å². The van der Waals surface area contributed by atoms with Gasteiger partial charge in [-0.3, -0.25) is 0 Å². The third-order valence-electron chi connectivity index (χ3n) is 2.30. The molecule has 0 spiro atoms. The molecule has 0 radical (unpaired) electrons. The van der Waals surface area contributed by atoms with Gasteiger partial charge >= 0.3 is 0 Å². The van der Waals surface area contributed by atoms with E-state index in [2.05, 4.69) is 23.4 Å². The molecule has 0 aliphatic heterocycles. The maximum Gasteiger partial charge on any atom is 0.0949 e. The molecule has 0 aliphatic rings. The van der Waals surface area contributed by atoms with Crippen molar-refractivity contribution in [2.45, 2.75) is 32.4 Å². The molecule has 0 bridgehead atoms. The van der Waals surface area contributed by atoms with Gasteiger partial charge in [-0.1, -0.05) is 0 Å². The number of nitrogens with zero attached hydrogens (tertiary/aromatic N) is 2. The lowest BCUT2D eigenvalue weighted by atomic mass is 10.1. The molecular weight excluding hydrogens is 178 g/mol. The zero-order valence-electron chi connectivity index (χ0n) is 9.16. The first kappa shape index (κ1) is 11.2. The van der Waals surface area contributed by atoms with E-state index in [0.29, 0.717) is 6.54 Å².